The highest BCUT2D eigenvalue weighted by Gasteiger charge is 2.22. The van der Waals surface area contributed by atoms with Gasteiger partial charge in [-0.1, -0.05) is 32.4 Å². The maximum Gasteiger partial charge on any atom is 0.122 e. The molecule has 1 aromatic rings. The number of aliphatic hydroxyl groups excluding tert-OH is 1. The van der Waals surface area contributed by atoms with E-state index in [2.05, 4.69) is 0 Å². The van der Waals surface area contributed by atoms with Crippen LogP contribution in [0, 0.1) is 5.41 Å². The largest absolute Gasteiger partial charge is 0.496 e. The fourth-order valence-corrected chi connectivity index (χ4v) is 1.86. The van der Waals surface area contributed by atoms with E-state index < -0.39 is 0 Å². The second kappa shape index (κ2) is 5.74. The van der Waals surface area contributed by atoms with Crippen molar-refractivity contribution in [3.8, 4) is 5.75 Å². The first-order valence-corrected chi connectivity index (χ1v) is 6.23. The Kier molecular flexibility index (Phi) is 4.84. The van der Waals surface area contributed by atoms with Crippen molar-refractivity contribution >= 4 is 11.6 Å². The number of aliphatic hydroxyl groups is 1. The molecule has 1 aromatic carbocycles. The average molecular weight is 257 g/mol. The van der Waals surface area contributed by atoms with Gasteiger partial charge in [0.05, 0.1) is 13.2 Å². The van der Waals surface area contributed by atoms with E-state index in [0.29, 0.717) is 11.4 Å². The second-order valence-corrected chi connectivity index (χ2v) is 5.81. The lowest BCUT2D eigenvalue weighted by Crippen LogP contribution is -2.26. The van der Waals surface area contributed by atoms with E-state index in [-0.39, 0.29) is 11.5 Å². The van der Waals surface area contributed by atoms with Crippen molar-refractivity contribution in [1.29, 1.82) is 0 Å². The minimum Gasteiger partial charge on any atom is -0.496 e. The molecule has 2 nitrogen and oxygen atoms in total. The summed E-state index contributed by atoms with van der Waals surface area (Å²) in [5.74, 6) is 0.829. The van der Waals surface area contributed by atoms with Crippen molar-refractivity contribution in [2.24, 2.45) is 5.41 Å². The SMILES string of the molecule is COc1ccc(Cl)cc1CCC(O)C(C)(C)C. The molecule has 1 unspecified atom stereocenters. The van der Waals surface area contributed by atoms with Crippen molar-refractivity contribution in [2.75, 3.05) is 7.11 Å². The third-order valence-electron chi connectivity index (χ3n) is 2.93. The second-order valence-electron chi connectivity index (χ2n) is 5.38. The molecule has 0 heterocycles. The zero-order valence-electron chi connectivity index (χ0n) is 11.0. The number of methoxy groups -OCH3 is 1. The number of hydrogen-bond acceptors (Lipinski definition) is 2. The minimum absolute atomic E-state index is 0.0915. The van der Waals surface area contributed by atoms with E-state index in [0.717, 1.165) is 17.7 Å². The van der Waals surface area contributed by atoms with Crippen LogP contribution in [0.3, 0.4) is 0 Å². The number of hydrogen-bond donors (Lipinski definition) is 1. The summed E-state index contributed by atoms with van der Waals surface area (Å²) < 4.78 is 5.28. The van der Waals surface area contributed by atoms with Crippen molar-refractivity contribution in [2.45, 2.75) is 39.7 Å². The monoisotopic (exact) mass is 256 g/mol. The van der Waals surface area contributed by atoms with E-state index in [9.17, 15) is 5.11 Å². The molecule has 0 saturated carbocycles. The average Bonchev–Trinajstić information content (AvgIpc) is 2.24. The van der Waals surface area contributed by atoms with Gasteiger partial charge in [-0.15, -0.1) is 0 Å². The van der Waals surface area contributed by atoms with Crippen LogP contribution in [-0.4, -0.2) is 18.3 Å². The Morgan fingerprint density at radius 1 is 1.35 bits per heavy atom. The van der Waals surface area contributed by atoms with Gasteiger partial charge in [0.2, 0.25) is 0 Å². The molecule has 1 atom stereocenters. The van der Waals surface area contributed by atoms with E-state index in [1.165, 1.54) is 0 Å². The molecule has 0 bridgehead atoms. The summed E-state index contributed by atoms with van der Waals surface area (Å²) in [7, 11) is 1.65. The zero-order chi connectivity index (χ0) is 13.1. The number of ether oxygens (including phenoxy) is 1. The van der Waals surface area contributed by atoms with Crippen LogP contribution in [-0.2, 0) is 6.42 Å². The van der Waals surface area contributed by atoms with E-state index >= 15 is 0 Å². The Hall–Kier alpha value is -0.730. The van der Waals surface area contributed by atoms with Crippen LogP contribution >= 0.6 is 11.6 Å². The first-order chi connectivity index (χ1) is 7.84. The first-order valence-electron chi connectivity index (χ1n) is 5.85. The molecule has 0 aromatic heterocycles. The maximum absolute atomic E-state index is 10.0. The summed E-state index contributed by atoms with van der Waals surface area (Å²) in [4.78, 5) is 0. The maximum atomic E-state index is 10.0. The normalized spacial score (nSPS) is 13.5. The molecule has 0 radical (unpaired) electrons. The van der Waals surface area contributed by atoms with Gasteiger partial charge in [-0.05, 0) is 42.0 Å². The Morgan fingerprint density at radius 2 is 2.00 bits per heavy atom. The molecule has 0 aliphatic carbocycles. The summed E-state index contributed by atoms with van der Waals surface area (Å²) in [5, 5.41) is 10.7. The van der Waals surface area contributed by atoms with E-state index in [4.69, 9.17) is 16.3 Å². The van der Waals surface area contributed by atoms with Crippen LogP contribution in [0.1, 0.15) is 32.8 Å². The van der Waals surface area contributed by atoms with Crippen LogP contribution in [0.2, 0.25) is 5.02 Å². The Labute approximate surface area is 109 Å². The highest BCUT2D eigenvalue weighted by molar-refractivity contribution is 6.30. The van der Waals surface area contributed by atoms with Gasteiger partial charge >= 0.3 is 0 Å². The van der Waals surface area contributed by atoms with Gasteiger partial charge in [0.1, 0.15) is 5.75 Å². The highest BCUT2D eigenvalue weighted by Crippen LogP contribution is 2.27. The molecule has 0 spiro atoms. The molecule has 96 valence electrons. The van der Waals surface area contributed by atoms with Crippen molar-refractivity contribution < 1.29 is 9.84 Å². The first kappa shape index (κ1) is 14.3. The smallest absolute Gasteiger partial charge is 0.122 e. The third kappa shape index (κ3) is 4.21. The van der Waals surface area contributed by atoms with Crippen molar-refractivity contribution in [3.63, 3.8) is 0 Å². The molecule has 1 rings (SSSR count). The van der Waals surface area contributed by atoms with Crippen LogP contribution in [0.25, 0.3) is 0 Å². The topological polar surface area (TPSA) is 29.5 Å². The molecule has 1 N–H and O–H groups in total. The van der Waals surface area contributed by atoms with Gasteiger partial charge in [-0.3, -0.25) is 0 Å². The van der Waals surface area contributed by atoms with E-state index in [1.54, 1.807) is 7.11 Å². The number of rotatable bonds is 4. The number of halogens is 1. The van der Waals surface area contributed by atoms with Gasteiger partial charge in [0, 0.05) is 5.02 Å². The number of aryl methyl sites for hydroxylation is 1. The van der Waals surface area contributed by atoms with Crippen molar-refractivity contribution in [1.82, 2.24) is 0 Å². The third-order valence-corrected chi connectivity index (χ3v) is 3.16. The van der Waals surface area contributed by atoms with Gasteiger partial charge in [-0.2, -0.15) is 0 Å². The summed E-state index contributed by atoms with van der Waals surface area (Å²) in [5.41, 5.74) is 0.953. The van der Waals surface area contributed by atoms with E-state index in [1.807, 2.05) is 39.0 Å². The quantitative estimate of drug-likeness (QED) is 0.890. The molecule has 0 fully saturated rings. The lowest BCUT2D eigenvalue weighted by Gasteiger charge is -2.26. The van der Waals surface area contributed by atoms with Crippen LogP contribution in [0.5, 0.6) is 5.75 Å². The molecule has 0 aliphatic rings. The molecule has 0 saturated heterocycles. The fourth-order valence-electron chi connectivity index (χ4n) is 1.67. The fraction of sp³-hybridized carbons (Fsp3) is 0.571. The molecule has 3 heteroatoms. The zero-order valence-corrected chi connectivity index (χ0v) is 11.7. The summed E-state index contributed by atoms with van der Waals surface area (Å²) in [6, 6.07) is 5.57. The standard InChI is InChI=1S/C14H21ClO2/c1-14(2,3)13(16)8-5-10-9-11(15)6-7-12(10)17-4/h6-7,9,13,16H,5,8H2,1-4H3. The van der Waals surface area contributed by atoms with Gasteiger partial charge < -0.3 is 9.84 Å². The van der Waals surface area contributed by atoms with Crippen LogP contribution in [0.4, 0.5) is 0 Å². The predicted molar refractivity (Wildman–Crippen MR) is 71.8 cm³/mol. The highest BCUT2D eigenvalue weighted by atomic mass is 35.5. The molecule has 0 amide bonds. The predicted octanol–water partition coefficient (Wildman–Crippen LogP) is 3.69. The molecule has 17 heavy (non-hydrogen) atoms. The lowest BCUT2D eigenvalue weighted by molar-refractivity contribution is 0.0559. The van der Waals surface area contributed by atoms with Gasteiger partial charge in [0.15, 0.2) is 0 Å². The summed E-state index contributed by atoms with van der Waals surface area (Å²) in [6.07, 6.45) is 1.15. The Morgan fingerprint density at radius 3 is 2.53 bits per heavy atom. The summed E-state index contributed by atoms with van der Waals surface area (Å²) >= 11 is 5.96. The molecular weight excluding hydrogens is 236 g/mol. The Balaban J connectivity index is 2.72. The van der Waals surface area contributed by atoms with Crippen LogP contribution in [0.15, 0.2) is 18.2 Å². The molecular formula is C14H21ClO2. The van der Waals surface area contributed by atoms with Crippen LogP contribution < -0.4 is 4.74 Å². The lowest BCUT2D eigenvalue weighted by atomic mass is 9.86. The number of benzene rings is 1. The molecule has 0 aliphatic heterocycles. The van der Waals surface area contributed by atoms with Crippen molar-refractivity contribution in [3.05, 3.63) is 28.8 Å². The van der Waals surface area contributed by atoms with Gasteiger partial charge in [-0.25, -0.2) is 0 Å². The summed E-state index contributed by atoms with van der Waals surface area (Å²) in [6.45, 7) is 6.10. The minimum atomic E-state index is -0.328. The Bertz CT molecular complexity index is 369. The van der Waals surface area contributed by atoms with Gasteiger partial charge in [0.25, 0.3) is 0 Å².